The second kappa shape index (κ2) is 8.85. The summed E-state index contributed by atoms with van der Waals surface area (Å²) >= 11 is 0. The molecule has 7 nitrogen and oxygen atoms in total. The van der Waals surface area contributed by atoms with Crippen LogP contribution in [0.5, 0.6) is 5.75 Å². The molecule has 1 amide bonds. The highest BCUT2D eigenvalue weighted by Crippen LogP contribution is 2.39. The number of amides is 1. The van der Waals surface area contributed by atoms with Gasteiger partial charge in [-0.25, -0.2) is 13.1 Å². The van der Waals surface area contributed by atoms with Gasteiger partial charge < -0.3 is 14.4 Å². The molecule has 166 valence electrons. The van der Waals surface area contributed by atoms with Crippen LogP contribution in [0.15, 0.2) is 18.2 Å². The minimum atomic E-state index is -3.38. The van der Waals surface area contributed by atoms with Crippen LogP contribution in [0.2, 0.25) is 0 Å². The van der Waals surface area contributed by atoms with Gasteiger partial charge >= 0.3 is 0 Å². The number of aryl methyl sites for hydroxylation is 1. The van der Waals surface area contributed by atoms with Crippen molar-refractivity contribution < 1.29 is 22.7 Å². The van der Waals surface area contributed by atoms with E-state index in [2.05, 4.69) is 17.7 Å². The van der Waals surface area contributed by atoms with Crippen LogP contribution in [0.1, 0.15) is 55.6 Å². The Morgan fingerprint density at radius 2 is 1.90 bits per heavy atom. The fourth-order valence-electron chi connectivity index (χ4n) is 5.10. The number of carbonyl (C=O) groups excluding carboxylic acids is 1. The van der Waals surface area contributed by atoms with Gasteiger partial charge in [-0.05, 0) is 63.0 Å². The highest BCUT2D eigenvalue weighted by Gasteiger charge is 2.37. The molecule has 0 aromatic heterocycles. The Kier molecular flexibility index (Phi) is 6.36. The maximum absolute atomic E-state index is 13.1. The Labute approximate surface area is 179 Å². The lowest BCUT2D eigenvalue weighted by molar-refractivity contribution is -0.140. The van der Waals surface area contributed by atoms with Crippen molar-refractivity contribution in [1.82, 2.24) is 9.62 Å². The van der Waals surface area contributed by atoms with Crippen LogP contribution in [-0.4, -0.2) is 63.4 Å². The molecule has 1 aromatic rings. The van der Waals surface area contributed by atoms with Crippen molar-refractivity contribution in [1.29, 1.82) is 0 Å². The first-order valence-electron chi connectivity index (χ1n) is 10.9. The van der Waals surface area contributed by atoms with Gasteiger partial charge in [0.2, 0.25) is 10.0 Å². The zero-order chi connectivity index (χ0) is 21.3. The monoisotopic (exact) mass is 436 g/mol. The van der Waals surface area contributed by atoms with Gasteiger partial charge in [0, 0.05) is 12.6 Å². The Bertz CT molecular complexity index is 880. The van der Waals surface area contributed by atoms with Crippen LogP contribution < -0.4 is 9.46 Å². The molecule has 2 fully saturated rings. The molecule has 3 heterocycles. The Morgan fingerprint density at radius 1 is 1.13 bits per heavy atom. The molecule has 2 atom stereocenters. The van der Waals surface area contributed by atoms with Gasteiger partial charge in [0.1, 0.15) is 5.75 Å². The van der Waals surface area contributed by atoms with Gasteiger partial charge in [0.15, 0.2) is 6.61 Å². The van der Waals surface area contributed by atoms with Crippen LogP contribution in [0, 0.1) is 6.92 Å². The van der Waals surface area contributed by atoms with E-state index in [0.29, 0.717) is 25.5 Å². The molecule has 0 spiro atoms. The molecule has 1 saturated carbocycles. The predicted octanol–water partition coefficient (Wildman–Crippen LogP) is 2.34. The lowest BCUT2D eigenvalue weighted by Gasteiger charge is -2.41. The molecule has 5 rings (SSSR count). The zero-order valence-electron chi connectivity index (χ0n) is 17.8. The lowest BCUT2D eigenvalue weighted by Crippen LogP contribution is -2.59. The molecule has 0 radical (unpaired) electrons. The summed E-state index contributed by atoms with van der Waals surface area (Å²) < 4.78 is 38.8. The van der Waals surface area contributed by atoms with E-state index in [9.17, 15) is 13.2 Å². The third-order valence-corrected chi connectivity index (χ3v) is 7.33. The number of carbonyl (C=O) groups is 1. The van der Waals surface area contributed by atoms with Crippen molar-refractivity contribution in [3.8, 4) is 5.75 Å². The molecule has 8 heteroatoms. The van der Waals surface area contributed by atoms with Gasteiger partial charge in [0.25, 0.3) is 5.91 Å². The third-order valence-electron chi connectivity index (χ3n) is 6.60. The van der Waals surface area contributed by atoms with Crippen molar-refractivity contribution in [3.63, 3.8) is 0 Å². The normalized spacial score (nSPS) is 30.3. The molecule has 1 saturated heterocycles. The van der Waals surface area contributed by atoms with E-state index in [1.807, 2.05) is 12.1 Å². The molecule has 1 N–H and O–H groups in total. The van der Waals surface area contributed by atoms with Crippen LogP contribution in [-0.2, 0) is 19.6 Å². The largest absolute Gasteiger partial charge is 0.483 e. The standard InChI is InChI=1S/C22H32N2O5S/c1-15-5-10-21-18(12-15)16-6-8-17(9-7-16)28-13-20-19(23-30(2,26)27)4-3-11-24(20)22(25)14-29-21/h5,10,12,16-17,19-20,23H,3-4,6-9,11,13-14H2,1-2H3/t16?,17?,19-,20-/m0/s1. The van der Waals surface area contributed by atoms with Gasteiger partial charge in [0.05, 0.1) is 25.0 Å². The van der Waals surface area contributed by atoms with Crippen molar-refractivity contribution in [2.24, 2.45) is 0 Å². The van der Waals surface area contributed by atoms with E-state index in [1.165, 1.54) is 11.1 Å². The predicted molar refractivity (Wildman–Crippen MR) is 114 cm³/mol. The number of sulfonamides is 1. The third kappa shape index (κ3) is 4.98. The van der Waals surface area contributed by atoms with Gasteiger partial charge in [-0.1, -0.05) is 17.7 Å². The summed E-state index contributed by atoms with van der Waals surface area (Å²) in [6, 6.07) is 5.52. The summed E-state index contributed by atoms with van der Waals surface area (Å²) in [6.07, 6.45) is 6.73. The highest BCUT2D eigenvalue weighted by molar-refractivity contribution is 7.88. The van der Waals surface area contributed by atoms with E-state index >= 15 is 0 Å². The Balaban J connectivity index is 1.62. The van der Waals surface area contributed by atoms with Gasteiger partial charge in [-0.2, -0.15) is 0 Å². The number of piperidine rings is 1. The molecule has 30 heavy (non-hydrogen) atoms. The maximum Gasteiger partial charge on any atom is 0.260 e. The molecule has 3 aliphatic heterocycles. The Hall–Kier alpha value is -1.64. The smallest absolute Gasteiger partial charge is 0.260 e. The fourth-order valence-corrected chi connectivity index (χ4v) is 5.93. The van der Waals surface area contributed by atoms with E-state index in [0.717, 1.165) is 44.1 Å². The summed E-state index contributed by atoms with van der Waals surface area (Å²) in [5, 5.41) is 0. The SMILES string of the molecule is Cc1ccc2c(c1)C1CCC(CC1)OC[C@H]1[C@@H](NS(C)(=O)=O)CCCN1C(=O)CO2. The summed E-state index contributed by atoms with van der Waals surface area (Å²) in [6.45, 7) is 2.97. The number of hydrogen-bond acceptors (Lipinski definition) is 5. The summed E-state index contributed by atoms with van der Waals surface area (Å²) in [7, 11) is -3.38. The molecule has 1 aromatic carbocycles. The number of benzene rings is 1. The van der Waals surface area contributed by atoms with Crippen molar-refractivity contribution in [3.05, 3.63) is 29.3 Å². The summed E-state index contributed by atoms with van der Waals surface area (Å²) in [4.78, 5) is 14.8. The maximum atomic E-state index is 13.1. The van der Waals surface area contributed by atoms with Crippen molar-refractivity contribution in [2.45, 2.75) is 69.6 Å². The quantitative estimate of drug-likeness (QED) is 0.769. The number of nitrogens with one attached hydrogen (secondary N) is 1. The number of fused-ring (bicyclic) bond motifs is 5. The average molecular weight is 437 g/mol. The van der Waals surface area contributed by atoms with Crippen LogP contribution in [0.3, 0.4) is 0 Å². The first-order chi connectivity index (χ1) is 14.3. The molecule has 1 aliphatic carbocycles. The van der Waals surface area contributed by atoms with Crippen LogP contribution >= 0.6 is 0 Å². The van der Waals surface area contributed by atoms with Crippen molar-refractivity contribution in [2.75, 3.05) is 26.0 Å². The second-order valence-electron chi connectivity index (χ2n) is 8.93. The second-order valence-corrected chi connectivity index (χ2v) is 10.7. The number of nitrogens with zero attached hydrogens (tertiary/aromatic N) is 1. The van der Waals surface area contributed by atoms with Crippen molar-refractivity contribution >= 4 is 15.9 Å². The first-order valence-corrected chi connectivity index (χ1v) is 12.8. The molecular formula is C22H32N2O5S. The average Bonchev–Trinajstić information content (AvgIpc) is 2.71. The molecule has 0 unspecified atom stereocenters. The summed E-state index contributed by atoms with van der Waals surface area (Å²) in [5.41, 5.74) is 2.38. The number of hydrogen-bond donors (Lipinski definition) is 1. The Morgan fingerprint density at radius 3 is 2.63 bits per heavy atom. The molecule has 2 bridgehead atoms. The number of ether oxygens (including phenoxy) is 2. The highest BCUT2D eigenvalue weighted by atomic mass is 32.2. The van der Waals surface area contributed by atoms with Gasteiger partial charge in [-0.15, -0.1) is 0 Å². The minimum Gasteiger partial charge on any atom is -0.483 e. The first kappa shape index (κ1) is 21.6. The molecular weight excluding hydrogens is 404 g/mol. The van der Waals surface area contributed by atoms with E-state index in [4.69, 9.17) is 9.47 Å². The van der Waals surface area contributed by atoms with Crippen LogP contribution in [0.25, 0.3) is 0 Å². The summed E-state index contributed by atoms with van der Waals surface area (Å²) in [5.74, 6) is 1.08. The van der Waals surface area contributed by atoms with Crippen LogP contribution in [0.4, 0.5) is 0 Å². The van der Waals surface area contributed by atoms with E-state index in [1.54, 1.807) is 4.90 Å². The molecule has 4 aliphatic rings. The number of rotatable bonds is 2. The zero-order valence-corrected chi connectivity index (χ0v) is 18.6. The van der Waals surface area contributed by atoms with E-state index < -0.39 is 10.0 Å². The minimum absolute atomic E-state index is 0.0473. The van der Waals surface area contributed by atoms with E-state index in [-0.39, 0.29) is 30.7 Å². The topological polar surface area (TPSA) is 84.9 Å². The van der Waals surface area contributed by atoms with Gasteiger partial charge in [-0.3, -0.25) is 4.79 Å². The lowest BCUT2D eigenvalue weighted by atomic mass is 9.82. The fraction of sp³-hybridized carbons (Fsp3) is 0.682.